The first kappa shape index (κ1) is 15.4. The highest BCUT2D eigenvalue weighted by Gasteiger charge is 2.24. The van der Waals surface area contributed by atoms with Gasteiger partial charge >= 0.3 is 0 Å². The average molecular weight is 297 g/mol. The van der Waals surface area contributed by atoms with Crippen LogP contribution in [0.25, 0.3) is 0 Å². The van der Waals surface area contributed by atoms with E-state index in [4.69, 9.17) is 16.3 Å². The largest absolute Gasteiger partial charge is 0.490 e. The SMILES string of the molecule is CCCOc1cccnc1NCC1CCCCC1CCl. The second kappa shape index (κ2) is 8.35. The second-order valence-corrected chi connectivity index (χ2v) is 5.85. The Bertz CT molecular complexity index is 400. The Hall–Kier alpha value is -0.960. The third-order valence-electron chi connectivity index (χ3n) is 4.03. The number of pyridine rings is 1. The Balaban J connectivity index is 1.92. The van der Waals surface area contributed by atoms with Crippen LogP contribution in [0.1, 0.15) is 39.0 Å². The van der Waals surface area contributed by atoms with Crippen LogP contribution >= 0.6 is 11.6 Å². The van der Waals surface area contributed by atoms with Crippen LogP contribution in [-0.2, 0) is 0 Å². The highest BCUT2D eigenvalue weighted by molar-refractivity contribution is 6.18. The molecule has 0 aromatic carbocycles. The minimum atomic E-state index is 0.640. The molecule has 2 rings (SSSR count). The molecule has 1 aromatic heterocycles. The van der Waals surface area contributed by atoms with Gasteiger partial charge in [0.15, 0.2) is 11.6 Å². The Morgan fingerprint density at radius 2 is 2.15 bits per heavy atom. The van der Waals surface area contributed by atoms with E-state index >= 15 is 0 Å². The lowest BCUT2D eigenvalue weighted by Crippen LogP contribution is -2.27. The van der Waals surface area contributed by atoms with Crippen LogP contribution in [0, 0.1) is 11.8 Å². The number of hydrogen-bond donors (Lipinski definition) is 1. The third-order valence-corrected chi connectivity index (χ3v) is 4.43. The van der Waals surface area contributed by atoms with Crippen LogP contribution in [0.5, 0.6) is 5.75 Å². The third kappa shape index (κ3) is 4.27. The van der Waals surface area contributed by atoms with E-state index in [1.807, 2.05) is 12.1 Å². The van der Waals surface area contributed by atoms with Gasteiger partial charge in [0.2, 0.25) is 0 Å². The Labute approximate surface area is 127 Å². The molecule has 0 radical (unpaired) electrons. The molecule has 20 heavy (non-hydrogen) atoms. The quantitative estimate of drug-likeness (QED) is 0.761. The summed E-state index contributed by atoms with van der Waals surface area (Å²) in [6.07, 6.45) is 7.98. The van der Waals surface area contributed by atoms with Gasteiger partial charge in [-0.05, 0) is 43.2 Å². The fourth-order valence-corrected chi connectivity index (χ4v) is 3.24. The molecule has 112 valence electrons. The lowest BCUT2D eigenvalue weighted by atomic mass is 9.80. The van der Waals surface area contributed by atoms with Crippen LogP contribution in [0.15, 0.2) is 18.3 Å². The Kier molecular flexibility index (Phi) is 6.44. The highest BCUT2D eigenvalue weighted by Crippen LogP contribution is 2.31. The molecule has 3 nitrogen and oxygen atoms in total. The zero-order valence-electron chi connectivity index (χ0n) is 12.3. The molecule has 0 amide bonds. The molecule has 1 heterocycles. The first-order valence-electron chi connectivity index (χ1n) is 7.72. The summed E-state index contributed by atoms with van der Waals surface area (Å²) >= 11 is 6.09. The maximum absolute atomic E-state index is 6.09. The molecule has 1 fully saturated rings. The van der Waals surface area contributed by atoms with Gasteiger partial charge in [0.05, 0.1) is 6.61 Å². The molecule has 0 aliphatic heterocycles. The van der Waals surface area contributed by atoms with Crippen molar-refractivity contribution in [3.8, 4) is 5.75 Å². The van der Waals surface area contributed by atoms with Gasteiger partial charge in [-0.3, -0.25) is 0 Å². The topological polar surface area (TPSA) is 34.1 Å². The molecule has 1 aliphatic rings. The number of hydrogen-bond acceptors (Lipinski definition) is 3. The summed E-state index contributed by atoms with van der Waals surface area (Å²) in [5.74, 6) is 3.78. The molecular formula is C16H25ClN2O. The first-order valence-corrected chi connectivity index (χ1v) is 8.26. The van der Waals surface area contributed by atoms with Crippen LogP contribution in [0.2, 0.25) is 0 Å². The number of aromatic nitrogens is 1. The summed E-state index contributed by atoms with van der Waals surface area (Å²) in [5.41, 5.74) is 0. The van der Waals surface area contributed by atoms with Gasteiger partial charge in [0.1, 0.15) is 0 Å². The molecule has 1 aromatic rings. The Morgan fingerprint density at radius 3 is 2.90 bits per heavy atom. The molecule has 1 saturated carbocycles. The van der Waals surface area contributed by atoms with Gasteiger partial charge in [0.25, 0.3) is 0 Å². The Morgan fingerprint density at radius 1 is 1.35 bits per heavy atom. The van der Waals surface area contributed by atoms with Gasteiger partial charge < -0.3 is 10.1 Å². The van der Waals surface area contributed by atoms with Crippen molar-refractivity contribution in [2.75, 3.05) is 24.3 Å². The lowest BCUT2D eigenvalue weighted by molar-refractivity contribution is 0.271. The summed E-state index contributed by atoms with van der Waals surface area (Å²) in [6, 6.07) is 3.89. The van der Waals surface area contributed by atoms with Crippen LogP contribution in [0.3, 0.4) is 0 Å². The van der Waals surface area contributed by atoms with E-state index in [0.29, 0.717) is 11.8 Å². The van der Waals surface area contributed by atoms with Crippen LogP contribution in [-0.4, -0.2) is 24.0 Å². The van der Waals surface area contributed by atoms with Crippen molar-refractivity contribution in [3.05, 3.63) is 18.3 Å². The number of ether oxygens (including phenoxy) is 1. The van der Waals surface area contributed by atoms with Crippen LogP contribution in [0.4, 0.5) is 5.82 Å². The highest BCUT2D eigenvalue weighted by atomic mass is 35.5. The van der Waals surface area contributed by atoms with E-state index in [-0.39, 0.29) is 0 Å². The maximum atomic E-state index is 6.09. The summed E-state index contributed by atoms with van der Waals surface area (Å²) < 4.78 is 5.73. The fourth-order valence-electron chi connectivity index (χ4n) is 2.84. The van der Waals surface area contributed by atoms with E-state index < -0.39 is 0 Å². The molecular weight excluding hydrogens is 272 g/mol. The zero-order chi connectivity index (χ0) is 14.2. The van der Waals surface area contributed by atoms with Crippen molar-refractivity contribution in [1.29, 1.82) is 0 Å². The monoisotopic (exact) mass is 296 g/mol. The number of nitrogens with one attached hydrogen (secondary N) is 1. The number of nitrogens with zero attached hydrogens (tertiary/aromatic N) is 1. The van der Waals surface area contributed by atoms with Crippen molar-refractivity contribution >= 4 is 17.4 Å². The number of anilines is 1. The molecule has 4 heteroatoms. The molecule has 1 aliphatic carbocycles. The summed E-state index contributed by atoms with van der Waals surface area (Å²) in [5, 5.41) is 3.46. The van der Waals surface area contributed by atoms with E-state index in [9.17, 15) is 0 Å². The van der Waals surface area contributed by atoms with E-state index in [2.05, 4.69) is 17.2 Å². The fraction of sp³-hybridized carbons (Fsp3) is 0.688. The zero-order valence-corrected chi connectivity index (χ0v) is 13.0. The smallest absolute Gasteiger partial charge is 0.168 e. The average Bonchev–Trinajstić information content (AvgIpc) is 2.52. The minimum Gasteiger partial charge on any atom is -0.490 e. The van der Waals surface area contributed by atoms with Gasteiger partial charge in [-0.2, -0.15) is 0 Å². The second-order valence-electron chi connectivity index (χ2n) is 5.54. The minimum absolute atomic E-state index is 0.640. The molecule has 2 unspecified atom stereocenters. The van der Waals surface area contributed by atoms with Gasteiger partial charge in [-0.1, -0.05) is 19.8 Å². The van der Waals surface area contributed by atoms with Crippen molar-refractivity contribution in [2.45, 2.75) is 39.0 Å². The molecule has 0 spiro atoms. The molecule has 2 atom stereocenters. The maximum Gasteiger partial charge on any atom is 0.168 e. The lowest BCUT2D eigenvalue weighted by Gasteiger charge is -2.30. The van der Waals surface area contributed by atoms with E-state index in [0.717, 1.165) is 37.0 Å². The number of rotatable bonds is 7. The van der Waals surface area contributed by atoms with Crippen molar-refractivity contribution in [3.63, 3.8) is 0 Å². The van der Waals surface area contributed by atoms with Gasteiger partial charge in [-0.15, -0.1) is 11.6 Å². The predicted octanol–water partition coefficient (Wildman–Crippen LogP) is 4.33. The standard InChI is InChI=1S/C16H25ClN2O/c1-2-10-20-15-8-5-9-18-16(15)19-12-14-7-4-3-6-13(14)11-17/h5,8-9,13-14H,2-4,6-7,10-12H2,1H3,(H,18,19). The van der Waals surface area contributed by atoms with Crippen LogP contribution < -0.4 is 10.1 Å². The summed E-state index contributed by atoms with van der Waals surface area (Å²) in [7, 11) is 0. The summed E-state index contributed by atoms with van der Waals surface area (Å²) in [4.78, 5) is 4.40. The van der Waals surface area contributed by atoms with E-state index in [1.165, 1.54) is 25.7 Å². The summed E-state index contributed by atoms with van der Waals surface area (Å²) in [6.45, 7) is 3.78. The first-order chi connectivity index (χ1) is 9.85. The van der Waals surface area contributed by atoms with Crippen molar-refractivity contribution in [2.24, 2.45) is 11.8 Å². The predicted molar refractivity (Wildman–Crippen MR) is 84.7 cm³/mol. The normalized spacial score (nSPS) is 22.5. The molecule has 1 N–H and O–H groups in total. The van der Waals surface area contributed by atoms with Crippen molar-refractivity contribution < 1.29 is 4.74 Å². The van der Waals surface area contributed by atoms with Gasteiger partial charge in [0, 0.05) is 18.6 Å². The van der Waals surface area contributed by atoms with Gasteiger partial charge in [-0.25, -0.2) is 4.98 Å². The molecule has 0 saturated heterocycles. The number of halogens is 1. The molecule has 0 bridgehead atoms. The number of alkyl halides is 1. The van der Waals surface area contributed by atoms with E-state index in [1.54, 1.807) is 6.20 Å². The van der Waals surface area contributed by atoms with Crippen molar-refractivity contribution in [1.82, 2.24) is 4.98 Å².